The number of esters is 1. The zero-order chi connectivity index (χ0) is 24.3. The lowest BCUT2D eigenvalue weighted by atomic mass is 10.2. The van der Waals surface area contributed by atoms with Crippen molar-refractivity contribution >= 4 is 70.9 Å². The lowest BCUT2D eigenvalue weighted by molar-refractivity contribution is -0.149. The Morgan fingerprint density at radius 2 is 1.94 bits per heavy atom. The summed E-state index contributed by atoms with van der Waals surface area (Å²) in [5.41, 5.74) is 0.910. The number of hydrogen-bond acceptors (Lipinski definition) is 7. The van der Waals surface area contributed by atoms with Gasteiger partial charge in [-0.05, 0) is 76.9 Å². The summed E-state index contributed by atoms with van der Waals surface area (Å²) in [5.74, 6) is 0.643. The van der Waals surface area contributed by atoms with Gasteiger partial charge in [-0.3, -0.25) is 4.79 Å². The monoisotopic (exact) mass is 643 g/mol. The summed E-state index contributed by atoms with van der Waals surface area (Å²) >= 11 is 10.3. The maximum Gasteiger partial charge on any atom is 0.344 e. The van der Waals surface area contributed by atoms with E-state index in [1.807, 2.05) is 6.07 Å². The highest BCUT2D eigenvalue weighted by molar-refractivity contribution is 9.13. The number of aromatic nitrogens is 2. The van der Waals surface area contributed by atoms with Gasteiger partial charge in [-0.15, -0.1) is 0 Å². The van der Waals surface area contributed by atoms with Gasteiger partial charge in [-0.1, -0.05) is 15.9 Å². The minimum Gasteiger partial charge on any atom is -0.493 e. The number of carbonyl (C=O) groups excluding carboxylic acids is 1. The molecule has 33 heavy (non-hydrogen) atoms. The molecule has 0 unspecified atom stereocenters. The molecule has 8 nitrogen and oxygen atoms in total. The second-order valence-electron chi connectivity index (χ2n) is 7.13. The van der Waals surface area contributed by atoms with Crippen LogP contribution in [0.4, 0.5) is 0 Å². The van der Waals surface area contributed by atoms with Gasteiger partial charge in [0.25, 0.3) is 5.56 Å². The summed E-state index contributed by atoms with van der Waals surface area (Å²) in [6.07, 6.45) is 1.27. The number of methoxy groups -OCH3 is 1. The van der Waals surface area contributed by atoms with Gasteiger partial charge in [-0.2, -0.15) is 9.78 Å². The standard InChI is InChI=1S/C22H20Br3N3O5/c1-11(2)33-18(29)10-32-21-17(31-4)7-13(19(24)20(21)25)9-26-28-12(3)27-16-6-5-14(23)8-15(16)22(28)30/h5-9,11H,10H2,1-4H3. The number of fused-ring (bicyclic) bond motifs is 1. The Bertz CT molecular complexity index is 1300. The van der Waals surface area contributed by atoms with E-state index >= 15 is 0 Å². The van der Waals surface area contributed by atoms with E-state index in [4.69, 9.17) is 14.2 Å². The molecule has 0 N–H and O–H groups in total. The molecule has 0 saturated heterocycles. The Balaban J connectivity index is 1.97. The largest absolute Gasteiger partial charge is 0.493 e. The van der Waals surface area contributed by atoms with Crippen LogP contribution >= 0.6 is 47.8 Å². The lowest BCUT2D eigenvalue weighted by Crippen LogP contribution is -2.20. The Morgan fingerprint density at radius 1 is 1.21 bits per heavy atom. The highest BCUT2D eigenvalue weighted by Gasteiger charge is 2.18. The van der Waals surface area contributed by atoms with Crippen LogP contribution in [0.15, 0.2) is 47.6 Å². The van der Waals surface area contributed by atoms with Gasteiger partial charge >= 0.3 is 5.97 Å². The summed E-state index contributed by atoms with van der Waals surface area (Å²) in [4.78, 5) is 29.3. The van der Waals surface area contributed by atoms with Crippen LogP contribution in [0.5, 0.6) is 11.5 Å². The second kappa shape index (κ2) is 10.8. The number of ether oxygens (including phenoxy) is 3. The van der Waals surface area contributed by atoms with Crippen LogP contribution < -0.4 is 15.0 Å². The Labute approximate surface area is 215 Å². The molecule has 3 aromatic rings. The summed E-state index contributed by atoms with van der Waals surface area (Å²) < 4.78 is 19.3. The van der Waals surface area contributed by atoms with Crippen LogP contribution in [0.25, 0.3) is 10.9 Å². The third-order valence-electron chi connectivity index (χ3n) is 4.36. The fraction of sp³-hybridized carbons (Fsp3) is 0.273. The Morgan fingerprint density at radius 3 is 2.61 bits per heavy atom. The van der Waals surface area contributed by atoms with Crippen LogP contribution in [0.3, 0.4) is 0 Å². The molecule has 0 saturated carbocycles. The van der Waals surface area contributed by atoms with E-state index in [9.17, 15) is 9.59 Å². The third-order valence-corrected chi connectivity index (χ3v) is 7.00. The van der Waals surface area contributed by atoms with Crippen molar-refractivity contribution < 1.29 is 19.0 Å². The van der Waals surface area contributed by atoms with E-state index < -0.39 is 5.97 Å². The average Bonchev–Trinajstić information content (AvgIpc) is 2.75. The zero-order valence-corrected chi connectivity index (χ0v) is 22.9. The summed E-state index contributed by atoms with van der Waals surface area (Å²) in [5, 5.41) is 4.80. The second-order valence-corrected chi connectivity index (χ2v) is 9.64. The Kier molecular flexibility index (Phi) is 8.30. The van der Waals surface area contributed by atoms with Crippen molar-refractivity contribution in [3.05, 3.63) is 59.4 Å². The number of nitrogens with zero attached hydrogens (tertiary/aromatic N) is 3. The van der Waals surface area contributed by atoms with Crippen molar-refractivity contribution in [1.29, 1.82) is 0 Å². The number of benzene rings is 2. The van der Waals surface area contributed by atoms with E-state index in [0.717, 1.165) is 4.47 Å². The third kappa shape index (κ3) is 5.82. The first-order chi connectivity index (χ1) is 15.6. The van der Waals surface area contributed by atoms with Crippen molar-refractivity contribution in [2.75, 3.05) is 13.7 Å². The molecule has 1 aromatic heterocycles. The average molecular weight is 646 g/mol. The van der Waals surface area contributed by atoms with Crippen LogP contribution in [-0.4, -0.2) is 41.7 Å². The molecule has 1 heterocycles. The van der Waals surface area contributed by atoms with E-state index in [-0.39, 0.29) is 18.3 Å². The zero-order valence-electron chi connectivity index (χ0n) is 18.2. The first-order valence-corrected chi connectivity index (χ1v) is 12.1. The molecule has 0 aliphatic heterocycles. The number of aryl methyl sites for hydroxylation is 1. The van der Waals surface area contributed by atoms with Gasteiger partial charge < -0.3 is 14.2 Å². The number of rotatable bonds is 7. The van der Waals surface area contributed by atoms with Gasteiger partial charge in [0.1, 0.15) is 5.82 Å². The molecular weight excluding hydrogens is 626 g/mol. The van der Waals surface area contributed by atoms with Crippen LogP contribution in [0.2, 0.25) is 0 Å². The summed E-state index contributed by atoms with van der Waals surface area (Å²) in [6.45, 7) is 4.95. The van der Waals surface area contributed by atoms with E-state index in [1.54, 1.807) is 39.0 Å². The topological polar surface area (TPSA) is 92.0 Å². The Hall–Kier alpha value is -2.24. The molecule has 0 amide bonds. The molecule has 2 aromatic carbocycles. The molecule has 0 bridgehead atoms. The molecule has 3 rings (SSSR count). The maximum absolute atomic E-state index is 13.0. The molecule has 0 atom stereocenters. The van der Waals surface area contributed by atoms with Crippen LogP contribution in [0.1, 0.15) is 25.2 Å². The number of halogens is 3. The van der Waals surface area contributed by atoms with Crippen molar-refractivity contribution in [3.8, 4) is 11.5 Å². The molecule has 11 heteroatoms. The van der Waals surface area contributed by atoms with Crippen molar-refractivity contribution in [2.45, 2.75) is 26.9 Å². The molecule has 0 spiro atoms. The van der Waals surface area contributed by atoms with E-state index in [0.29, 0.717) is 42.7 Å². The van der Waals surface area contributed by atoms with Crippen LogP contribution in [-0.2, 0) is 9.53 Å². The predicted molar refractivity (Wildman–Crippen MR) is 137 cm³/mol. The SMILES string of the molecule is COc1cc(C=Nn2c(C)nc3ccc(Br)cc3c2=O)c(Br)c(Br)c1OCC(=O)OC(C)C. The van der Waals surface area contributed by atoms with E-state index in [2.05, 4.69) is 57.9 Å². The molecule has 0 aliphatic rings. The normalized spacial score (nSPS) is 11.4. The van der Waals surface area contributed by atoms with Gasteiger partial charge in [0.05, 0.1) is 34.8 Å². The molecule has 0 radical (unpaired) electrons. The van der Waals surface area contributed by atoms with Crippen LogP contribution in [0, 0.1) is 6.92 Å². The maximum atomic E-state index is 13.0. The van der Waals surface area contributed by atoms with Gasteiger partial charge in [0.2, 0.25) is 0 Å². The smallest absolute Gasteiger partial charge is 0.344 e. The first kappa shape index (κ1) is 25.4. The quantitative estimate of drug-likeness (QED) is 0.259. The van der Waals surface area contributed by atoms with Crippen molar-refractivity contribution in [2.24, 2.45) is 5.10 Å². The summed E-state index contributed by atoms with van der Waals surface area (Å²) in [7, 11) is 1.48. The summed E-state index contributed by atoms with van der Waals surface area (Å²) in [6, 6.07) is 6.99. The highest BCUT2D eigenvalue weighted by atomic mass is 79.9. The van der Waals surface area contributed by atoms with Gasteiger partial charge in [0.15, 0.2) is 18.1 Å². The van der Waals surface area contributed by atoms with Crippen molar-refractivity contribution in [3.63, 3.8) is 0 Å². The fourth-order valence-electron chi connectivity index (χ4n) is 2.93. The minimum atomic E-state index is -0.494. The highest BCUT2D eigenvalue weighted by Crippen LogP contribution is 2.42. The fourth-order valence-corrected chi connectivity index (χ4v) is 4.23. The van der Waals surface area contributed by atoms with Gasteiger partial charge in [0, 0.05) is 14.5 Å². The van der Waals surface area contributed by atoms with E-state index in [1.165, 1.54) is 18.0 Å². The predicted octanol–water partition coefficient (Wildman–Crippen LogP) is 5.21. The molecular formula is C22H20Br3N3O5. The minimum absolute atomic E-state index is 0.241. The first-order valence-electron chi connectivity index (χ1n) is 9.74. The number of hydrogen-bond donors (Lipinski definition) is 0. The molecule has 0 fully saturated rings. The van der Waals surface area contributed by atoms with Crippen molar-refractivity contribution in [1.82, 2.24) is 9.66 Å². The van der Waals surface area contributed by atoms with Gasteiger partial charge in [-0.25, -0.2) is 9.78 Å². The number of carbonyl (C=O) groups is 1. The lowest BCUT2D eigenvalue weighted by Gasteiger charge is -2.15. The molecule has 174 valence electrons. The molecule has 0 aliphatic carbocycles.